The van der Waals surface area contributed by atoms with Gasteiger partial charge in [-0.05, 0) is 11.6 Å². The van der Waals surface area contributed by atoms with Gasteiger partial charge in [-0.1, -0.05) is 60.7 Å². The molecular weight excluding hydrogens is 328 g/mol. The van der Waals surface area contributed by atoms with E-state index in [1.165, 1.54) is 13.2 Å². The summed E-state index contributed by atoms with van der Waals surface area (Å²) in [6, 6.07) is 19.4. The molecule has 1 N–H and O–H groups in total. The summed E-state index contributed by atoms with van der Waals surface area (Å²) in [5.41, 5.74) is 2.28. The maximum absolute atomic E-state index is 12.9. The molecule has 0 atom stereocenters. The van der Waals surface area contributed by atoms with Crippen molar-refractivity contribution in [3.05, 3.63) is 83.4 Å². The first-order valence-electron chi connectivity index (χ1n) is 8.19. The second-order valence-corrected chi connectivity index (χ2v) is 5.77. The minimum Gasteiger partial charge on any atom is -0.506 e. The lowest BCUT2D eigenvalue weighted by molar-refractivity contribution is -0.107. The Labute approximate surface area is 151 Å². The highest BCUT2D eigenvalue weighted by Crippen LogP contribution is 2.43. The van der Waals surface area contributed by atoms with Gasteiger partial charge in [0.15, 0.2) is 5.78 Å². The number of phenols is 1. The zero-order valence-corrected chi connectivity index (χ0v) is 14.3. The van der Waals surface area contributed by atoms with Gasteiger partial charge in [0.25, 0.3) is 0 Å². The van der Waals surface area contributed by atoms with Gasteiger partial charge in [0.1, 0.15) is 17.8 Å². The van der Waals surface area contributed by atoms with Gasteiger partial charge in [0.2, 0.25) is 0 Å². The number of carbonyl (C=O) groups is 2. The lowest BCUT2D eigenvalue weighted by Crippen LogP contribution is -2.06. The number of rotatable bonds is 6. The van der Waals surface area contributed by atoms with Crippen molar-refractivity contribution in [1.82, 2.24) is 0 Å². The number of aldehydes is 1. The first kappa shape index (κ1) is 17.4. The van der Waals surface area contributed by atoms with E-state index in [0.29, 0.717) is 28.0 Å². The summed E-state index contributed by atoms with van der Waals surface area (Å²) in [5, 5.41) is 10.9. The third kappa shape index (κ3) is 3.22. The Kier molecular flexibility index (Phi) is 5.13. The van der Waals surface area contributed by atoms with E-state index in [0.717, 1.165) is 6.29 Å². The molecule has 3 aromatic rings. The van der Waals surface area contributed by atoms with E-state index < -0.39 is 0 Å². The number of methoxy groups -OCH3 is 1. The summed E-state index contributed by atoms with van der Waals surface area (Å²) >= 11 is 0. The van der Waals surface area contributed by atoms with Crippen molar-refractivity contribution in [2.75, 3.05) is 7.11 Å². The van der Waals surface area contributed by atoms with Gasteiger partial charge in [0, 0.05) is 17.5 Å². The summed E-state index contributed by atoms with van der Waals surface area (Å²) in [6.45, 7) is 0. The van der Waals surface area contributed by atoms with Crippen LogP contribution in [0, 0.1) is 0 Å². The fourth-order valence-electron chi connectivity index (χ4n) is 2.98. The van der Waals surface area contributed by atoms with Gasteiger partial charge in [-0.2, -0.15) is 0 Å². The van der Waals surface area contributed by atoms with Crippen LogP contribution in [0.1, 0.15) is 21.5 Å². The monoisotopic (exact) mass is 346 g/mol. The van der Waals surface area contributed by atoms with Crippen LogP contribution in [0.15, 0.2) is 66.7 Å². The highest BCUT2D eigenvalue weighted by atomic mass is 16.5. The second kappa shape index (κ2) is 7.66. The minimum atomic E-state index is -0.310. The van der Waals surface area contributed by atoms with Crippen molar-refractivity contribution in [2.24, 2.45) is 0 Å². The van der Waals surface area contributed by atoms with E-state index >= 15 is 0 Å². The molecule has 0 saturated heterocycles. The highest BCUT2D eigenvalue weighted by molar-refractivity contribution is 6.12. The molecule has 4 nitrogen and oxygen atoms in total. The number of hydrogen-bond acceptors (Lipinski definition) is 4. The Morgan fingerprint density at radius 2 is 1.65 bits per heavy atom. The molecular formula is C22H18O4. The highest BCUT2D eigenvalue weighted by Gasteiger charge is 2.24. The topological polar surface area (TPSA) is 63.6 Å². The molecule has 4 heteroatoms. The fraction of sp³-hybridized carbons (Fsp3) is 0.0909. The molecule has 0 aliphatic carbocycles. The number of phenolic OH excluding ortho intramolecular Hbond substituents is 1. The van der Waals surface area contributed by atoms with Crippen LogP contribution in [0.4, 0.5) is 0 Å². The molecule has 0 spiro atoms. The second-order valence-electron chi connectivity index (χ2n) is 5.77. The van der Waals surface area contributed by atoms with Gasteiger partial charge in [-0.15, -0.1) is 0 Å². The van der Waals surface area contributed by atoms with Crippen LogP contribution in [0.5, 0.6) is 11.5 Å². The Morgan fingerprint density at radius 1 is 1.04 bits per heavy atom. The summed E-state index contributed by atoms with van der Waals surface area (Å²) in [5.74, 6) is -0.0722. The van der Waals surface area contributed by atoms with Crippen LogP contribution in [0.3, 0.4) is 0 Å². The fourth-order valence-corrected chi connectivity index (χ4v) is 2.98. The molecule has 0 radical (unpaired) electrons. The van der Waals surface area contributed by atoms with Crippen LogP contribution in [0.25, 0.3) is 11.1 Å². The number of benzene rings is 3. The average Bonchev–Trinajstić information content (AvgIpc) is 2.69. The van der Waals surface area contributed by atoms with Crippen LogP contribution in [0.2, 0.25) is 0 Å². The zero-order valence-electron chi connectivity index (χ0n) is 14.3. The molecule has 3 rings (SSSR count). The van der Waals surface area contributed by atoms with Crippen LogP contribution >= 0.6 is 0 Å². The van der Waals surface area contributed by atoms with Crippen molar-refractivity contribution >= 4 is 12.1 Å². The van der Waals surface area contributed by atoms with Gasteiger partial charge in [-0.3, -0.25) is 4.79 Å². The first-order chi connectivity index (χ1) is 12.7. The third-order valence-electron chi connectivity index (χ3n) is 4.18. The third-order valence-corrected chi connectivity index (χ3v) is 4.18. The van der Waals surface area contributed by atoms with Gasteiger partial charge in [0.05, 0.1) is 18.2 Å². The van der Waals surface area contributed by atoms with E-state index in [4.69, 9.17) is 4.74 Å². The molecule has 0 aromatic heterocycles. The predicted octanol–water partition coefficient (Wildman–Crippen LogP) is 4.04. The van der Waals surface area contributed by atoms with Crippen molar-refractivity contribution in [3.63, 3.8) is 0 Å². The molecule has 26 heavy (non-hydrogen) atoms. The van der Waals surface area contributed by atoms with Gasteiger partial charge >= 0.3 is 0 Å². The lowest BCUT2D eigenvalue weighted by atomic mass is 9.92. The first-order valence-corrected chi connectivity index (χ1v) is 8.19. The molecule has 0 unspecified atom stereocenters. The molecule has 0 amide bonds. The summed E-state index contributed by atoms with van der Waals surface area (Å²) < 4.78 is 5.47. The van der Waals surface area contributed by atoms with Gasteiger partial charge < -0.3 is 14.6 Å². The smallest absolute Gasteiger partial charge is 0.196 e. The summed E-state index contributed by atoms with van der Waals surface area (Å²) in [6.07, 6.45) is 0.832. The maximum Gasteiger partial charge on any atom is 0.196 e. The van der Waals surface area contributed by atoms with Crippen LogP contribution in [-0.2, 0) is 11.2 Å². The molecule has 3 aromatic carbocycles. The minimum absolute atomic E-state index is 0.0817. The lowest BCUT2D eigenvalue weighted by Gasteiger charge is -2.17. The number of hydrogen-bond donors (Lipinski definition) is 1. The Hall–Kier alpha value is -3.40. The predicted molar refractivity (Wildman–Crippen MR) is 99.7 cm³/mol. The van der Waals surface area contributed by atoms with E-state index in [1.807, 2.05) is 36.4 Å². The Bertz CT molecular complexity index is 931. The molecule has 0 bridgehead atoms. The number of ether oxygens (including phenoxy) is 1. The molecule has 0 heterocycles. The molecule has 0 aliphatic rings. The van der Waals surface area contributed by atoms with E-state index in [9.17, 15) is 14.7 Å². The van der Waals surface area contributed by atoms with Gasteiger partial charge in [-0.25, -0.2) is 0 Å². The normalized spacial score (nSPS) is 10.3. The van der Waals surface area contributed by atoms with E-state index in [2.05, 4.69) is 0 Å². The number of ketones is 1. The Morgan fingerprint density at radius 3 is 2.23 bits per heavy atom. The number of aromatic hydroxyl groups is 1. The standard InChI is InChI=1S/C22H18O4/c1-26-22-17(12-13-23)14-18(20(24)16-10-6-3-7-11-16)21(25)19(22)15-8-4-2-5-9-15/h2-11,13-14,25H,12H2,1H3. The summed E-state index contributed by atoms with van der Waals surface area (Å²) in [7, 11) is 1.48. The van der Waals surface area contributed by atoms with Crippen LogP contribution < -0.4 is 4.74 Å². The molecule has 0 aliphatic heterocycles. The van der Waals surface area contributed by atoms with Crippen molar-refractivity contribution in [2.45, 2.75) is 6.42 Å². The Balaban J connectivity index is 2.27. The molecule has 130 valence electrons. The maximum atomic E-state index is 12.9. The number of carbonyl (C=O) groups excluding carboxylic acids is 2. The van der Waals surface area contributed by atoms with Crippen molar-refractivity contribution < 1.29 is 19.4 Å². The van der Waals surface area contributed by atoms with Crippen molar-refractivity contribution in [3.8, 4) is 22.6 Å². The molecule has 0 fully saturated rings. The molecule has 0 saturated carbocycles. The summed E-state index contributed by atoms with van der Waals surface area (Å²) in [4.78, 5) is 24.0. The van der Waals surface area contributed by atoms with E-state index in [1.54, 1.807) is 24.3 Å². The largest absolute Gasteiger partial charge is 0.506 e. The zero-order chi connectivity index (χ0) is 18.5. The van der Waals surface area contributed by atoms with Crippen molar-refractivity contribution in [1.29, 1.82) is 0 Å². The average molecular weight is 346 g/mol. The van der Waals surface area contributed by atoms with Crippen LogP contribution in [-0.4, -0.2) is 24.3 Å². The van der Waals surface area contributed by atoms with E-state index in [-0.39, 0.29) is 23.5 Å². The SMILES string of the molecule is COc1c(CC=O)cc(C(=O)c2ccccc2)c(O)c1-c1ccccc1. The quantitative estimate of drug-likeness (QED) is 0.540.